The molecule has 1 fully saturated rings. The number of methoxy groups -OCH3 is 1. The van der Waals surface area contributed by atoms with Crippen LogP contribution in [-0.4, -0.2) is 31.2 Å². The van der Waals surface area contributed by atoms with Gasteiger partial charge in [0, 0.05) is 30.0 Å². The van der Waals surface area contributed by atoms with Gasteiger partial charge in [0.2, 0.25) is 0 Å². The summed E-state index contributed by atoms with van der Waals surface area (Å²) in [5.41, 5.74) is 3.49. The molecular weight excluding hydrogens is 436 g/mol. The molecule has 0 bridgehead atoms. The molecule has 0 amide bonds. The zero-order valence-electron chi connectivity index (χ0n) is 17.5. The maximum Gasteiger partial charge on any atom is 0.132 e. The highest BCUT2D eigenvalue weighted by molar-refractivity contribution is 5.85. The van der Waals surface area contributed by atoms with E-state index in [1.807, 2.05) is 30.3 Å². The van der Waals surface area contributed by atoms with Crippen LogP contribution in [0.25, 0.3) is 11.3 Å². The molecule has 166 valence electrons. The third-order valence-electron chi connectivity index (χ3n) is 5.48. The highest BCUT2D eigenvalue weighted by Gasteiger charge is 2.22. The zero-order chi connectivity index (χ0) is 20.1. The lowest BCUT2D eigenvalue weighted by Gasteiger charge is -2.36. The van der Waals surface area contributed by atoms with E-state index in [2.05, 4.69) is 27.3 Å². The molecule has 2 aromatic carbocycles. The standard InChI is InChI=1S/C24H26FN3O.2ClH/c1-29-21-8-6-19(7-9-21)28(20-11-13-26-14-12-20)17-18-10-15-27-24(16-18)22-4-2-3-5-23(22)25;;/h2-10,15-16,20,26H,11-14,17H2,1H3;2*1H. The van der Waals surface area contributed by atoms with Gasteiger partial charge in [-0.15, -0.1) is 24.8 Å². The number of ether oxygens (including phenoxy) is 1. The van der Waals surface area contributed by atoms with E-state index in [1.165, 1.54) is 11.8 Å². The number of anilines is 1. The van der Waals surface area contributed by atoms with Crippen molar-refractivity contribution in [3.63, 3.8) is 0 Å². The van der Waals surface area contributed by atoms with Crippen LogP contribution >= 0.6 is 24.8 Å². The SMILES string of the molecule is COc1ccc(N(Cc2ccnc(-c3ccccc3F)c2)C2CCNCC2)cc1.Cl.Cl. The van der Waals surface area contributed by atoms with Crippen molar-refractivity contribution < 1.29 is 9.13 Å². The van der Waals surface area contributed by atoms with E-state index in [1.54, 1.807) is 25.4 Å². The molecule has 4 rings (SSSR count). The fourth-order valence-electron chi connectivity index (χ4n) is 3.91. The smallest absolute Gasteiger partial charge is 0.132 e. The van der Waals surface area contributed by atoms with Crippen LogP contribution in [0, 0.1) is 5.82 Å². The van der Waals surface area contributed by atoms with Crippen molar-refractivity contribution in [2.75, 3.05) is 25.1 Å². The molecule has 1 aliphatic heterocycles. The van der Waals surface area contributed by atoms with Crippen LogP contribution < -0.4 is 15.0 Å². The van der Waals surface area contributed by atoms with Gasteiger partial charge < -0.3 is 15.0 Å². The number of halogens is 3. The molecule has 7 heteroatoms. The third-order valence-corrected chi connectivity index (χ3v) is 5.48. The summed E-state index contributed by atoms with van der Waals surface area (Å²) in [5, 5.41) is 3.44. The lowest BCUT2D eigenvalue weighted by atomic mass is 10.0. The Morgan fingerprint density at radius 3 is 2.42 bits per heavy atom. The lowest BCUT2D eigenvalue weighted by Crippen LogP contribution is -2.43. The van der Waals surface area contributed by atoms with Crippen LogP contribution in [-0.2, 0) is 6.54 Å². The largest absolute Gasteiger partial charge is 0.497 e. The van der Waals surface area contributed by atoms with Gasteiger partial charge in [0.25, 0.3) is 0 Å². The number of benzene rings is 2. The number of rotatable bonds is 6. The average Bonchev–Trinajstić information content (AvgIpc) is 2.79. The van der Waals surface area contributed by atoms with Crippen LogP contribution in [0.3, 0.4) is 0 Å². The minimum Gasteiger partial charge on any atom is -0.497 e. The molecule has 3 aromatic rings. The van der Waals surface area contributed by atoms with Crippen molar-refractivity contribution in [1.82, 2.24) is 10.3 Å². The second-order valence-corrected chi connectivity index (χ2v) is 7.34. The number of pyridine rings is 1. The van der Waals surface area contributed by atoms with Gasteiger partial charge in [-0.1, -0.05) is 12.1 Å². The Hall–Kier alpha value is -2.34. The summed E-state index contributed by atoms with van der Waals surface area (Å²) in [6.45, 7) is 2.79. The number of aromatic nitrogens is 1. The van der Waals surface area contributed by atoms with Crippen molar-refractivity contribution in [3.05, 3.63) is 78.2 Å². The number of piperidine rings is 1. The van der Waals surface area contributed by atoms with Gasteiger partial charge in [-0.3, -0.25) is 4.98 Å². The summed E-state index contributed by atoms with van der Waals surface area (Å²) in [6.07, 6.45) is 3.96. The van der Waals surface area contributed by atoms with Crippen molar-refractivity contribution in [1.29, 1.82) is 0 Å². The molecule has 2 heterocycles. The first-order chi connectivity index (χ1) is 14.2. The first-order valence-corrected chi connectivity index (χ1v) is 10.1. The quantitative estimate of drug-likeness (QED) is 0.523. The number of hydrogen-bond donors (Lipinski definition) is 1. The van der Waals surface area contributed by atoms with Crippen molar-refractivity contribution in [2.24, 2.45) is 0 Å². The fourth-order valence-corrected chi connectivity index (χ4v) is 3.91. The zero-order valence-corrected chi connectivity index (χ0v) is 19.1. The van der Waals surface area contributed by atoms with Crippen LogP contribution in [0.15, 0.2) is 66.9 Å². The molecular formula is C24H28Cl2FN3O. The van der Waals surface area contributed by atoms with E-state index >= 15 is 0 Å². The van der Waals surface area contributed by atoms with E-state index in [9.17, 15) is 4.39 Å². The molecule has 0 radical (unpaired) electrons. The minimum atomic E-state index is -0.248. The Kier molecular flexibility index (Phi) is 9.56. The summed E-state index contributed by atoms with van der Waals surface area (Å²) < 4.78 is 19.5. The molecule has 1 N–H and O–H groups in total. The highest BCUT2D eigenvalue weighted by Crippen LogP contribution is 2.28. The first-order valence-electron chi connectivity index (χ1n) is 10.1. The third kappa shape index (κ3) is 6.10. The molecule has 0 unspecified atom stereocenters. The second-order valence-electron chi connectivity index (χ2n) is 7.34. The monoisotopic (exact) mass is 463 g/mol. The lowest BCUT2D eigenvalue weighted by molar-refractivity contribution is 0.413. The Morgan fingerprint density at radius 1 is 1.03 bits per heavy atom. The van der Waals surface area contributed by atoms with E-state index in [0.29, 0.717) is 17.3 Å². The molecule has 0 spiro atoms. The van der Waals surface area contributed by atoms with Gasteiger partial charge in [-0.05, 0) is 80.0 Å². The van der Waals surface area contributed by atoms with E-state index in [-0.39, 0.29) is 30.6 Å². The number of nitrogens with one attached hydrogen (secondary N) is 1. The minimum absolute atomic E-state index is 0. The summed E-state index contributed by atoms with van der Waals surface area (Å²) in [5.74, 6) is 0.604. The summed E-state index contributed by atoms with van der Waals surface area (Å²) in [4.78, 5) is 6.85. The topological polar surface area (TPSA) is 37.4 Å². The van der Waals surface area contributed by atoms with Gasteiger partial charge in [0.05, 0.1) is 12.8 Å². The van der Waals surface area contributed by atoms with Gasteiger partial charge in [-0.25, -0.2) is 4.39 Å². The predicted molar refractivity (Wildman–Crippen MR) is 129 cm³/mol. The summed E-state index contributed by atoms with van der Waals surface area (Å²) in [6, 6.07) is 19.5. The number of nitrogens with zero attached hydrogens (tertiary/aromatic N) is 2. The maximum absolute atomic E-state index is 14.2. The van der Waals surface area contributed by atoms with Crippen LogP contribution in [0.4, 0.5) is 10.1 Å². The van der Waals surface area contributed by atoms with Crippen molar-refractivity contribution >= 4 is 30.5 Å². The Bertz CT molecular complexity index is 950. The van der Waals surface area contributed by atoms with Crippen molar-refractivity contribution in [2.45, 2.75) is 25.4 Å². The van der Waals surface area contributed by atoms with Gasteiger partial charge in [0.15, 0.2) is 0 Å². The van der Waals surface area contributed by atoms with Crippen LogP contribution in [0.2, 0.25) is 0 Å². The first kappa shape index (κ1) is 24.9. The van der Waals surface area contributed by atoms with E-state index in [4.69, 9.17) is 4.74 Å². The van der Waals surface area contributed by atoms with E-state index < -0.39 is 0 Å². The molecule has 31 heavy (non-hydrogen) atoms. The van der Waals surface area contributed by atoms with Gasteiger partial charge >= 0.3 is 0 Å². The van der Waals surface area contributed by atoms with Crippen LogP contribution in [0.5, 0.6) is 5.75 Å². The van der Waals surface area contributed by atoms with Gasteiger partial charge in [0.1, 0.15) is 11.6 Å². The highest BCUT2D eigenvalue weighted by atomic mass is 35.5. The molecule has 0 aliphatic carbocycles. The summed E-state index contributed by atoms with van der Waals surface area (Å²) >= 11 is 0. The van der Waals surface area contributed by atoms with Crippen molar-refractivity contribution in [3.8, 4) is 17.0 Å². The molecule has 0 saturated carbocycles. The predicted octanol–water partition coefficient (Wildman–Crippen LogP) is 5.50. The Morgan fingerprint density at radius 2 is 1.74 bits per heavy atom. The molecule has 0 atom stereocenters. The normalized spacial score (nSPS) is 13.6. The molecule has 1 saturated heterocycles. The van der Waals surface area contributed by atoms with Crippen LogP contribution in [0.1, 0.15) is 18.4 Å². The maximum atomic E-state index is 14.2. The molecule has 1 aliphatic rings. The van der Waals surface area contributed by atoms with E-state index in [0.717, 1.165) is 43.8 Å². The molecule has 1 aromatic heterocycles. The Labute approximate surface area is 195 Å². The Balaban J connectivity index is 0.00000171. The summed E-state index contributed by atoms with van der Waals surface area (Å²) in [7, 11) is 1.68. The number of hydrogen-bond acceptors (Lipinski definition) is 4. The van der Waals surface area contributed by atoms with Gasteiger partial charge in [-0.2, -0.15) is 0 Å². The second kappa shape index (κ2) is 11.9. The molecule has 4 nitrogen and oxygen atoms in total. The average molecular weight is 464 g/mol. The fraction of sp³-hybridized carbons (Fsp3) is 0.292.